The molecule has 2 rings (SSSR count). The van der Waals surface area contributed by atoms with Gasteiger partial charge in [-0.2, -0.15) is 5.10 Å². The fourth-order valence-corrected chi connectivity index (χ4v) is 3.35. The summed E-state index contributed by atoms with van der Waals surface area (Å²) in [6.45, 7) is 7.04. The Morgan fingerprint density at radius 1 is 1.38 bits per heavy atom. The highest BCUT2D eigenvalue weighted by molar-refractivity contribution is 9.10. The number of hydrogen-bond acceptors (Lipinski definition) is 2. The molecule has 0 bridgehead atoms. The maximum absolute atomic E-state index is 6.41. The van der Waals surface area contributed by atoms with Crippen LogP contribution in [-0.2, 0) is 13.0 Å². The summed E-state index contributed by atoms with van der Waals surface area (Å²) >= 11 is 10.1. The van der Waals surface area contributed by atoms with Gasteiger partial charge in [-0.3, -0.25) is 4.68 Å². The van der Waals surface area contributed by atoms with Crippen molar-refractivity contribution >= 4 is 27.5 Å². The first-order chi connectivity index (χ1) is 9.97. The summed E-state index contributed by atoms with van der Waals surface area (Å²) in [6, 6.07) is 6.38. The standard InChI is InChI=1S/C16H21BrClN3/c1-5-21-15(16(17)11(3)20-21)9-14(19-4)12-7-6-10(2)8-13(12)18/h6-8,14,19H,5,9H2,1-4H3. The predicted molar refractivity (Wildman–Crippen MR) is 92.0 cm³/mol. The minimum Gasteiger partial charge on any atom is -0.313 e. The lowest BCUT2D eigenvalue weighted by Crippen LogP contribution is -2.21. The van der Waals surface area contributed by atoms with Crippen LogP contribution in [0.2, 0.25) is 5.02 Å². The Balaban J connectivity index is 2.35. The van der Waals surface area contributed by atoms with E-state index in [2.05, 4.69) is 52.3 Å². The molecule has 0 fully saturated rings. The summed E-state index contributed by atoms with van der Waals surface area (Å²) in [5, 5.41) is 8.73. The van der Waals surface area contributed by atoms with E-state index in [-0.39, 0.29) is 6.04 Å². The summed E-state index contributed by atoms with van der Waals surface area (Å²) in [6.07, 6.45) is 0.842. The Bertz CT molecular complexity index is 637. The van der Waals surface area contributed by atoms with Crippen molar-refractivity contribution in [2.75, 3.05) is 7.05 Å². The number of aryl methyl sites for hydroxylation is 3. The molecule has 1 unspecified atom stereocenters. The molecule has 21 heavy (non-hydrogen) atoms. The molecule has 0 saturated carbocycles. The first-order valence-corrected chi connectivity index (χ1v) is 8.30. The van der Waals surface area contributed by atoms with Crippen molar-refractivity contribution in [2.45, 2.75) is 39.8 Å². The Hall–Kier alpha value is -0.840. The lowest BCUT2D eigenvalue weighted by Gasteiger charge is -2.19. The van der Waals surface area contributed by atoms with E-state index in [9.17, 15) is 0 Å². The van der Waals surface area contributed by atoms with Crippen molar-refractivity contribution in [1.82, 2.24) is 15.1 Å². The summed E-state index contributed by atoms with van der Waals surface area (Å²) in [4.78, 5) is 0. The van der Waals surface area contributed by atoms with Gasteiger partial charge < -0.3 is 5.32 Å². The van der Waals surface area contributed by atoms with Crippen molar-refractivity contribution in [3.63, 3.8) is 0 Å². The van der Waals surface area contributed by atoms with Crippen LogP contribution in [0.4, 0.5) is 0 Å². The van der Waals surface area contributed by atoms with E-state index in [0.29, 0.717) is 0 Å². The first-order valence-electron chi connectivity index (χ1n) is 7.13. The van der Waals surface area contributed by atoms with Gasteiger partial charge in [0.2, 0.25) is 0 Å². The molecule has 1 aromatic heterocycles. The molecule has 114 valence electrons. The first kappa shape index (κ1) is 16.5. The number of halogens is 2. The van der Waals surface area contributed by atoms with E-state index in [1.165, 1.54) is 11.3 Å². The number of likely N-dealkylation sites (N-methyl/N-ethyl adjacent to an activating group) is 1. The zero-order chi connectivity index (χ0) is 15.6. The van der Waals surface area contributed by atoms with Crippen LogP contribution in [0.15, 0.2) is 22.7 Å². The largest absolute Gasteiger partial charge is 0.313 e. The number of rotatable bonds is 5. The fourth-order valence-electron chi connectivity index (χ4n) is 2.54. The van der Waals surface area contributed by atoms with E-state index in [4.69, 9.17) is 11.6 Å². The molecule has 2 aromatic rings. The van der Waals surface area contributed by atoms with Crippen LogP contribution in [0.1, 0.15) is 35.5 Å². The Morgan fingerprint density at radius 2 is 2.10 bits per heavy atom. The van der Waals surface area contributed by atoms with E-state index < -0.39 is 0 Å². The van der Waals surface area contributed by atoms with Gasteiger partial charge in [-0.1, -0.05) is 23.7 Å². The summed E-state index contributed by atoms with van der Waals surface area (Å²) in [5.41, 5.74) is 4.52. The van der Waals surface area contributed by atoms with Crippen molar-refractivity contribution < 1.29 is 0 Å². The lowest BCUT2D eigenvalue weighted by atomic mass is 10.0. The summed E-state index contributed by atoms with van der Waals surface area (Å²) in [7, 11) is 1.97. The van der Waals surface area contributed by atoms with Crippen LogP contribution in [0.3, 0.4) is 0 Å². The molecular formula is C16H21BrClN3. The van der Waals surface area contributed by atoms with Crippen molar-refractivity contribution in [3.8, 4) is 0 Å². The number of aromatic nitrogens is 2. The number of hydrogen-bond donors (Lipinski definition) is 1. The normalized spacial score (nSPS) is 12.7. The zero-order valence-corrected chi connectivity index (χ0v) is 15.2. The van der Waals surface area contributed by atoms with Crippen LogP contribution in [0.5, 0.6) is 0 Å². The smallest absolute Gasteiger partial charge is 0.0738 e. The predicted octanol–water partition coefficient (Wildman–Crippen LogP) is 4.44. The Morgan fingerprint density at radius 3 is 2.67 bits per heavy atom. The van der Waals surface area contributed by atoms with E-state index in [0.717, 1.165) is 33.7 Å². The van der Waals surface area contributed by atoms with Gasteiger partial charge >= 0.3 is 0 Å². The monoisotopic (exact) mass is 369 g/mol. The second-order valence-corrected chi connectivity index (χ2v) is 6.43. The molecule has 1 N–H and O–H groups in total. The molecule has 5 heteroatoms. The Kier molecular flexibility index (Phi) is 5.47. The molecule has 1 atom stereocenters. The highest BCUT2D eigenvalue weighted by Gasteiger charge is 2.19. The van der Waals surface area contributed by atoms with Crippen molar-refractivity contribution in [2.24, 2.45) is 0 Å². The van der Waals surface area contributed by atoms with E-state index in [1.807, 2.05) is 24.7 Å². The maximum atomic E-state index is 6.41. The minimum atomic E-state index is 0.163. The third-order valence-electron chi connectivity index (χ3n) is 3.73. The molecule has 0 amide bonds. The van der Waals surface area contributed by atoms with Gasteiger partial charge in [0, 0.05) is 24.0 Å². The lowest BCUT2D eigenvalue weighted by molar-refractivity contribution is 0.540. The van der Waals surface area contributed by atoms with Gasteiger partial charge in [-0.15, -0.1) is 0 Å². The van der Waals surface area contributed by atoms with Crippen molar-refractivity contribution in [3.05, 3.63) is 50.2 Å². The van der Waals surface area contributed by atoms with Gasteiger partial charge in [0.05, 0.1) is 15.9 Å². The third-order valence-corrected chi connectivity index (χ3v) is 5.09. The average molecular weight is 371 g/mol. The summed E-state index contributed by atoms with van der Waals surface area (Å²) < 4.78 is 3.14. The topological polar surface area (TPSA) is 29.9 Å². The van der Waals surface area contributed by atoms with Gasteiger partial charge in [-0.25, -0.2) is 0 Å². The third kappa shape index (κ3) is 3.50. The fraction of sp³-hybridized carbons (Fsp3) is 0.438. The number of nitrogens with zero attached hydrogens (tertiary/aromatic N) is 2. The molecule has 1 aromatic carbocycles. The second kappa shape index (κ2) is 6.95. The van der Waals surface area contributed by atoms with E-state index in [1.54, 1.807) is 0 Å². The quantitative estimate of drug-likeness (QED) is 0.843. The van der Waals surface area contributed by atoms with Gasteiger partial charge in [0.15, 0.2) is 0 Å². The number of benzene rings is 1. The molecule has 0 aliphatic rings. The van der Waals surface area contributed by atoms with E-state index >= 15 is 0 Å². The SMILES string of the molecule is CCn1nc(C)c(Br)c1CC(NC)c1ccc(C)cc1Cl. The Labute approximate surface area is 139 Å². The van der Waals surface area contributed by atoms with Crippen LogP contribution < -0.4 is 5.32 Å². The molecule has 0 aliphatic heterocycles. The maximum Gasteiger partial charge on any atom is 0.0738 e. The molecule has 0 spiro atoms. The van der Waals surface area contributed by atoms with Crippen LogP contribution >= 0.6 is 27.5 Å². The zero-order valence-electron chi connectivity index (χ0n) is 12.9. The van der Waals surface area contributed by atoms with Crippen LogP contribution in [0, 0.1) is 13.8 Å². The van der Waals surface area contributed by atoms with Gasteiger partial charge in [0.1, 0.15) is 0 Å². The number of nitrogens with one attached hydrogen (secondary N) is 1. The summed E-state index contributed by atoms with van der Waals surface area (Å²) in [5.74, 6) is 0. The van der Waals surface area contributed by atoms with Gasteiger partial charge in [0.25, 0.3) is 0 Å². The van der Waals surface area contributed by atoms with Crippen LogP contribution in [-0.4, -0.2) is 16.8 Å². The molecule has 3 nitrogen and oxygen atoms in total. The molecular weight excluding hydrogens is 350 g/mol. The minimum absolute atomic E-state index is 0.163. The molecule has 0 aliphatic carbocycles. The average Bonchev–Trinajstić information content (AvgIpc) is 2.72. The molecule has 0 saturated heterocycles. The van der Waals surface area contributed by atoms with Crippen LogP contribution in [0.25, 0.3) is 0 Å². The second-order valence-electron chi connectivity index (χ2n) is 5.23. The molecule has 1 heterocycles. The molecule has 0 radical (unpaired) electrons. The highest BCUT2D eigenvalue weighted by Crippen LogP contribution is 2.30. The van der Waals surface area contributed by atoms with Gasteiger partial charge in [-0.05, 0) is 60.9 Å². The highest BCUT2D eigenvalue weighted by atomic mass is 79.9. The van der Waals surface area contributed by atoms with Crippen molar-refractivity contribution in [1.29, 1.82) is 0 Å².